The second-order valence-corrected chi connectivity index (χ2v) is 8.60. The number of aromatic nitrogens is 1. The lowest BCUT2D eigenvalue weighted by Gasteiger charge is -2.23. The van der Waals surface area contributed by atoms with Crippen molar-refractivity contribution >= 4 is 101 Å². The third-order valence-electron chi connectivity index (χ3n) is 4.77. The molecule has 0 atom stereocenters. The Balaban J connectivity index is 0.00000324. The number of carbonyl (C=O) groups is 3. The number of imide groups is 1. The first-order valence-corrected chi connectivity index (χ1v) is 11.2. The number of carbonyl (C=O) groups excluding carboxylic acids is 3. The molecule has 1 heterocycles. The summed E-state index contributed by atoms with van der Waals surface area (Å²) in [5.74, 6) is -2.34. The fourth-order valence-corrected chi connectivity index (χ4v) is 4.22. The molecule has 2 N–H and O–H groups in total. The quantitative estimate of drug-likeness (QED) is 0.245. The highest BCUT2D eigenvalue weighted by Gasteiger charge is 2.33. The van der Waals surface area contributed by atoms with Gasteiger partial charge >= 0.3 is 5.97 Å². The molecule has 0 aliphatic rings. The van der Waals surface area contributed by atoms with Crippen LogP contribution in [0.25, 0.3) is 0 Å². The van der Waals surface area contributed by atoms with Crippen LogP contribution in [0.5, 0.6) is 0 Å². The number of rotatable bonds is 6. The molecule has 0 radical (unpaired) electrons. The molecule has 7 nitrogen and oxygen atoms in total. The van der Waals surface area contributed by atoms with Crippen molar-refractivity contribution in [3.05, 3.63) is 85.4 Å². The molecule has 13 heteroatoms. The Hall–Kier alpha value is -2.26. The lowest BCUT2D eigenvalue weighted by Crippen LogP contribution is -2.39. The second kappa shape index (κ2) is 13.9. The van der Waals surface area contributed by atoms with E-state index in [4.69, 9.17) is 52.1 Å². The highest BCUT2D eigenvalue weighted by atomic mass is 35.5. The van der Waals surface area contributed by atoms with Crippen LogP contribution in [0.2, 0.25) is 20.1 Å². The molecule has 0 aliphatic carbocycles. The number of methoxy groups -OCH3 is 1. The lowest BCUT2D eigenvalue weighted by atomic mass is 10.1. The van der Waals surface area contributed by atoms with E-state index in [2.05, 4.69) is 9.72 Å². The molecule has 0 bridgehead atoms. The van der Waals surface area contributed by atoms with Gasteiger partial charge in [-0.1, -0.05) is 58.5 Å². The van der Waals surface area contributed by atoms with Gasteiger partial charge in [0.2, 0.25) is 0 Å². The van der Waals surface area contributed by atoms with Crippen LogP contribution in [0.1, 0.15) is 32.7 Å². The Morgan fingerprint density at radius 3 is 1.72 bits per heavy atom. The number of hydrogen-bond acceptors (Lipinski definition) is 6. The number of ether oxygens (including phenoxy) is 1. The second-order valence-electron chi connectivity index (χ2n) is 6.97. The average Bonchev–Trinajstić information content (AvgIpc) is 2.78. The number of halogens is 6. The van der Waals surface area contributed by atoms with Crippen molar-refractivity contribution in [1.29, 1.82) is 0 Å². The van der Waals surface area contributed by atoms with Crippen molar-refractivity contribution in [2.24, 2.45) is 0 Å². The summed E-state index contributed by atoms with van der Waals surface area (Å²) in [5.41, 5.74) is 6.53. The molecule has 3 rings (SSSR count). The van der Waals surface area contributed by atoms with Gasteiger partial charge in [-0.05, 0) is 42.3 Å². The summed E-state index contributed by atoms with van der Waals surface area (Å²) in [6.45, 7) is 0. The van der Waals surface area contributed by atoms with Gasteiger partial charge in [-0.3, -0.25) is 14.4 Å². The molecule has 192 valence electrons. The first kappa shape index (κ1) is 31.8. The molecule has 36 heavy (non-hydrogen) atoms. The van der Waals surface area contributed by atoms with Gasteiger partial charge < -0.3 is 10.5 Å². The highest BCUT2D eigenvalue weighted by molar-refractivity contribution is 6.45. The minimum atomic E-state index is -0.877. The monoisotopic (exact) mass is 611 g/mol. The number of hydrogen-bond donors (Lipinski definition) is 1. The molecule has 0 saturated heterocycles. The maximum atomic E-state index is 13.6. The number of pyridine rings is 1. The van der Waals surface area contributed by atoms with Crippen molar-refractivity contribution in [2.75, 3.05) is 17.7 Å². The Bertz CT molecular complexity index is 1180. The number of esters is 1. The largest absolute Gasteiger partial charge is 0.469 e. The van der Waals surface area contributed by atoms with Crippen LogP contribution in [-0.4, -0.2) is 29.9 Å². The van der Waals surface area contributed by atoms with E-state index in [-0.39, 0.29) is 74.0 Å². The van der Waals surface area contributed by atoms with Crippen LogP contribution in [0.4, 0.5) is 11.5 Å². The fourth-order valence-electron chi connectivity index (χ4n) is 3.10. The predicted molar refractivity (Wildman–Crippen MR) is 148 cm³/mol. The Kier molecular flexibility index (Phi) is 12.3. The van der Waals surface area contributed by atoms with Gasteiger partial charge in [-0.25, -0.2) is 9.88 Å². The van der Waals surface area contributed by atoms with Crippen LogP contribution in [0, 0.1) is 0 Å². The molecular weight excluding hydrogens is 595 g/mol. The van der Waals surface area contributed by atoms with E-state index >= 15 is 0 Å². The van der Waals surface area contributed by atoms with E-state index in [0.29, 0.717) is 12.0 Å². The third-order valence-corrected chi connectivity index (χ3v) is 6.03. The third kappa shape index (κ3) is 6.94. The fraction of sp³-hybridized carbons (Fsp3) is 0.130. The molecule has 0 unspecified atom stereocenters. The van der Waals surface area contributed by atoms with E-state index in [1.54, 1.807) is 12.1 Å². The molecular formula is C23H19Cl6N3O4. The van der Waals surface area contributed by atoms with Gasteiger partial charge in [0.15, 0.2) is 5.82 Å². The Morgan fingerprint density at radius 1 is 0.889 bits per heavy atom. The summed E-state index contributed by atoms with van der Waals surface area (Å²) in [6, 6.07) is 10.4. The summed E-state index contributed by atoms with van der Waals surface area (Å²) in [4.78, 5) is 43.6. The van der Waals surface area contributed by atoms with Gasteiger partial charge in [-0.2, -0.15) is 0 Å². The average molecular weight is 614 g/mol. The van der Waals surface area contributed by atoms with Crippen molar-refractivity contribution in [1.82, 2.24) is 4.98 Å². The van der Waals surface area contributed by atoms with E-state index in [1.807, 2.05) is 0 Å². The van der Waals surface area contributed by atoms with Crippen molar-refractivity contribution < 1.29 is 19.1 Å². The zero-order valence-corrected chi connectivity index (χ0v) is 23.1. The number of nitrogen functional groups attached to an aromatic ring is 1. The van der Waals surface area contributed by atoms with Crippen molar-refractivity contribution in [2.45, 2.75) is 12.8 Å². The molecule has 0 aliphatic heterocycles. The van der Waals surface area contributed by atoms with Crippen LogP contribution in [0.15, 0.2) is 48.7 Å². The van der Waals surface area contributed by atoms with E-state index in [1.165, 1.54) is 43.6 Å². The maximum absolute atomic E-state index is 13.6. The normalized spacial score (nSPS) is 10.0. The summed E-state index contributed by atoms with van der Waals surface area (Å²) in [6.07, 6.45) is 1.78. The molecule has 1 aromatic heterocycles. The molecule has 0 saturated carbocycles. The van der Waals surface area contributed by atoms with Crippen LogP contribution in [-0.2, 0) is 16.0 Å². The zero-order chi connectivity index (χ0) is 25.0. The van der Waals surface area contributed by atoms with Crippen molar-refractivity contribution in [3.63, 3.8) is 0 Å². The number of aryl methyl sites for hydroxylation is 1. The smallest absolute Gasteiger partial charge is 0.305 e. The Labute approximate surface area is 239 Å². The predicted octanol–water partition coefficient (Wildman–Crippen LogP) is 6.71. The topological polar surface area (TPSA) is 103 Å². The van der Waals surface area contributed by atoms with E-state index in [0.717, 1.165) is 4.90 Å². The summed E-state index contributed by atoms with van der Waals surface area (Å²) in [7, 11) is 1.28. The number of anilines is 2. The minimum absolute atomic E-state index is 0. The number of nitrogens with zero attached hydrogens (tertiary/aromatic N) is 2. The van der Waals surface area contributed by atoms with Gasteiger partial charge in [0, 0.05) is 12.6 Å². The van der Waals surface area contributed by atoms with Gasteiger partial charge in [0.25, 0.3) is 11.8 Å². The van der Waals surface area contributed by atoms with E-state index < -0.39 is 17.8 Å². The zero-order valence-electron chi connectivity index (χ0n) is 18.5. The molecule has 0 fully saturated rings. The lowest BCUT2D eigenvalue weighted by molar-refractivity contribution is -0.140. The molecule has 3 aromatic rings. The maximum Gasteiger partial charge on any atom is 0.305 e. The first-order chi connectivity index (χ1) is 16.1. The summed E-state index contributed by atoms with van der Waals surface area (Å²) >= 11 is 24.9. The number of amides is 2. The van der Waals surface area contributed by atoms with Crippen molar-refractivity contribution in [3.8, 4) is 0 Å². The minimum Gasteiger partial charge on any atom is -0.469 e. The first-order valence-electron chi connectivity index (χ1n) is 9.73. The molecule has 0 spiro atoms. The van der Waals surface area contributed by atoms with Crippen LogP contribution in [0.3, 0.4) is 0 Å². The van der Waals surface area contributed by atoms with Crippen LogP contribution < -0.4 is 10.6 Å². The highest BCUT2D eigenvalue weighted by Crippen LogP contribution is 2.33. The van der Waals surface area contributed by atoms with Gasteiger partial charge in [0.1, 0.15) is 0 Å². The number of benzene rings is 2. The Morgan fingerprint density at radius 2 is 1.33 bits per heavy atom. The molecule has 2 aromatic carbocycles. The number of nitrogens with two attached hydrogens (primary N) is 1. The standard InChI is InChI=1S/C23H17Cl4N3O4.2ClH/c1-34-18(31)9-8-12-10-17(28)21(29-11-12)30(22(32)19-13(24)4-2-5-14(19)25)23(33)20-15(26)6-3-7-16(20)27;;/h2-7,10-11H,8-9,28H2,1H3;2*1H. The molecule has 2 amide bonds. The summed E-state index contributed by atoms with van der Waals surface area (Å²) < 4.78 is 4.63. The van der Waals surface area contributed by atoms with Gasteiger partial charge in [-0.15, -0.1) is 24.8 Å². The van der Waals surface area contributed by atoms with E-state index in [9.17, 15) is 14.4 Å². The van der Waals surface area contributed by atoms with Gasteiger partial charge in [0.05, 0.1) is 44.0 Å². The van der Waals surface area contributed by atoms with Crippen LogP contribution >= 0.6 is 71.2 Å². The summed E-state index contributed by atoms with van der Waals surface area (Å²) in [5, 5.41) is 0.0882. The SMILES string of the molecule is COC(=O)CCc1cnc(N(C(=O)c2c(Cl)cccc2Cl)C(=O)c2c(Cl)cccc2Cl)c(N)c1.Cl.Cl.